The topological polar surface area (TPSA) is 52.0 Å². The van der Waals surface area contributed by atoms with Crippen molar-refractivity contribution in [1.82, 2.24) is 4.98 Å². The van der Waals surface area contributed by atoms with Crippen LogP contribution in [0.2, 0.25) is 0 Å². The number of aromatic nitrogens is 1. The molecule has 2 N–H and O–H groups in total. The average molecular weight is 238 g/mol. The first-order valence-corrected chi connectivity index (χ1v) is 5.86. The summed E-state index contributed by atoms with van der Waals surface area (Å²) < 4.78 is 5.33. The Labute approximate surface area is 105 Å². The van der Waals surface area contributed by atoms with Gasteiger partial charge in [-0.3, -0.25) is 0 Å². The zero-order chi connectivity index (χ0) is 12.7. The molecule has 0 fully saturated rings. The van der Waals surface area contributed by atoms with E-state index in [1.54, 1.807) is 12.5 Å². The molecule has 0 bridgehead atoms. The van der Waals surface area contributed by atoms with E-state index in [1.807, 2.05) is 6.07 Å². The number of hydrogen-bond donors (Lipinski definition) is 1. The van der Waals surface area contributed by atoms with Crippen LogP contribution in [0, 0.1) is 13.8 Å². The van der Waals surface area contributed by atoms with Crippen molar-refractivity contribution in [2.75, 3.05) is 5.73 Å². The normalized spacial score (nSPS) is 11.0. The van der Waals surface area contributed by atoms with Gasteiger partial charge in [0, 0.05) is 6.20 Å². The van der Waals surface area contributed by atoms with E-state index in [0.29, 0.717) is 11.4 Å². The lowest BCUT2D eigenvalue weighted by molar-refractivity contribution is 0.604. The first kappa shape index (κ1) is 10.8. The second kappa shape index (κ2) is 3.88. The molecule has 0 atom stereocenters. The molecule has 0 saturated carbocycles. The molecule has 0 spiro atoms. The fourth-order valence-corrected chi connectivity index (χ4v) is 2.14. The SMILES string of the molecule is Cc1ccc(-c2ccnc3occ(N)c23)cc1C. The molecule has 2 aromatic heterocycles. The zero-order valence-electron chi connectivity index (χ0n) is 10.4. The van der Waals surface area contributed by atoms with E-state index in [0.717, 1.165) is 16.5 Å². The largest absolute Gasteiger partial charge is 0.444 e. The average Bonchev–Trinajstić information content (AvgIpc) is 2.75. The van der Waals surface area contributed by atoms with Crippen LogP contribution in [0.3, 0.4) is 0 Å². The van der Waals surface area contributed by atoms with E-state index in [1.165, 1.54) is 11.1 Å². The van der Waals surface area contributed by atoms with E-state index in [4.69, 9.17) is 10.2 Å². The molecule has 0 aliphatic heterocycles. The number of aryl methyl sites for hydroxylation is 2. The summed E-state index contributed by atoms with van der Waals surface area (Å²) in [7, 11) is 0. The molecule has 18 heavy (non-hydrogen) atoms. The summed E-state index contributed by atoms with van der Waals surface area (Å²) in [4.78, 5) is 4.18. The van der Waals surface area contributed by atoms with E-state index in [2.05, 4.69) is 37.0 Å². The first-order valence-electron chi connectivity index (χ1n) is 5.86. The Bertz CT molecular complexity index is 728. The number of rotatable bonds is 1. The summed E-state index contributed by atoms with van der Waals surface area (Å²) in [5.74, 6) is 0. The lowest BCUT2D eigenvalue weighted by Gasteiger charge is -2.06. The zero-order valence-corrected chi connectivity index (χ0v) is 10.4. The van der Waals surface area contributed by atoms with Crippen LogP contribution in [-0.4, -0.2) is 4.98 Å². The van der Waals surface area contributed by atoms with Crippen molar-refractivity contribution >= 4 is 16.8 Å². The number of benzene rings is 1. The highest BCUT2D eigenvalue weighted by molar-refractivity contribution is 6.00. The molecule has 0 radical (unpaired) electrons. The van der Waals surface area contributed by atoms with Gasteiger partial charge in [0.05, 0.1) is 11.1 Å². The molecular formula is C15H14N2O. The van der Waals surface area contributed by atoms with Crippen molar-refractivity contribution in [2.24, 2.45) is 0 Å². The lowest BCUT2D eigenvalue weighted by atomic mass is 9.99. The molecule has 3 rings (SSSR count). The Balaban J connectivity index is 2.30. The van der Waals surface area contributed by atoms with Gasteiger partial charge in [-0.05, 0) is 42.2 Å². The predicted molar refractivity (Wildman–Crippen MR) is 73.3 cm³/mol. The van der Waals surface area contributed by atoms with Crippen molar-refractivity contribution in [1.29, 1.82) is 0 Å². The summed E-state index contributed by atoms with van der Waals surface area (Å²) in [5, 5.41) is 0.890. The third-order valence-corrected chi connectivity index (χ3v) is 3.32. The van der Waals surface area contributed by atoms with Gasteiger partial charge in [0.2, 0.25) is 5.71 Å². The summed E-state index contributed by atoms with van der Waals surface area (Å²) in [5.41, 5.74) is 11.9. The van der Waals surface area contributed by atoms with Crippen LogP contribution >= 0.6 is 0 Å². The summed E-state index contributed by atoms with van der Waals surface area (Å²) >= 11 is 0. The van der Waals surface area contributed by atoms with Gasteiger partial charge in [-0.2, -0.15) is 0 Å². The Morgan fingerprint density at radius 1 is 1.11 bits per heavy atom. The fourth-order valence-electron chi connectivity index (χ4n) is 2.14. The number of nitrogen functional groups attached to an aromatic ring is 1. The highest BCUT2D eigenvalue weighted by atomic mass is 16.3. The van der Waals surface area contributed by atoms with Crippen molar-refractivity contribution in [3.05, 3.63) is 47.9 Å². The van der Waals surface area contributed by atoms with Gasteiger partial charge in [0.15, 0.2) is 0 Å². The van der Waals surface area contributed by atoms with E-state index < -0.39 is 0 Å². The number of nitrogens with two attached hydrogens (primary N) is 1. The van der Waals surface area contributed by atoms with Crippen molar-refractivity contribution in [3.63, 3.8) is 0 Å². The molecule has 0 unspecified atom stereocenters. The lowest BCUT2D eigenvalue weighted by Crippen LogP contribution is -1.88. The van der Waals surface area contributed by atoms with Crippen LogP contribution in [0.15, 0.2) is 41.1 Å². The van der Waals surface area contributed by atoms with E-state index in [9.17, 15) is 0 Å². The van der Waals surface area contributed by atoms with E-state index in [-0.39, 0.29) is 0 Å². The van der Waals surface area contributed by atoms with Crippen molar-refractivity contribution < 1.29 is 4.42 Å². The quantitative estimate of drug-likeness (QED) is 0.703. The maximum atomic E-state index is 5.95. The second-order valence-electron chi connectivity index (χ2n) is 4.53. The molecule has 90 valence electrons. The molecule has 0 aliphatic carbocycles. The smallest absolute Gasteiger partial charge is 0.228 e. The van der Waals surface area contributed by atoms with Gasteiger partial charge in [0.1, 0.15) is 6.26 Å². The van der Waals surface area contributed by atoms with Crippen LogP contribution in [0.4, 0.5) is 5.69 Å². The minimum atomic E-state index is 0.586. The Hall–Kier alpha value is -2.29. The van der Waals surface area contributed by atoms with Crippen LogP contribution in [0.1, 0.15) is 11.1 Å². The van der Waals surface area contributed by atoms with Crippen LogP contribution in [0.5, 0.6) is 0 Å². The number of hydrogen-bond acceptors (Lipinski definition) is 3. The minimum absolute atomic E-state index is 0.586. The van der Waals surface area contributed by atoms with Gasteiger partial charge in [-0.15, -0.1) is 0 Å². The Morgan fingerprint density at radius 3 is 2.72 bits per heavy atom. The monoisotopic (exact) mass is 238 g/mol. The van der Waals surface area contributed by atoms with Gasteiger partial charge >= 0.3 is 0 Å². The molecule has 3 nitrogen and oxygen atoms in total. The fraction of sp³-hybridized carbons (Fsp3) is 0.133. The Morgan fingerprint density at radius 2 is 1.94 bits per heavy atom. The molecular weight excluding hydrogens is 224 g/mol. The third kappa shape index (κ3) is 1.56. The highest BCUT2D eigenvalue weighted by Gasteiger charge is 2.11. The minimum Gasteiger partial charge on any atom is -0.444 e. The molecule has 1 aromatic carbocycles. The van der Waals surface area contributed by atoms with Crippen LogP contribution < -0.4 is 5.73 Å². The Kier molecular flexibility index (Phi) is 2.33. The van der Waals surface area contributed by atoms with E-state index >= 15 is 0 Å². The summed E-state index contributed by atoms with van der Waals surface area (Å²) in [6.45, 7) is 4.21. The maximum absolute atomic E-state index is 5.95. The number of anilines is 1. The number of furan rings is 1. The highest BCUT2D eigenvalue weighted by Crippen LogP contribution is 2.33. The summed E-state index contributed by atoms with van der Waals surface area (Å²) in [6.07, 6.45) is 3.29. The molecule has 0 aliphatic rings. The first-order chi connectivity index (χ1) is 8.66. The third-order valence-electron chi connectivity index (χ3n) is 3.32. The van der Waals surface area contributed by atoms with Crippen LogP contribution in [0.25, 0.3) is 22.2 Å². The molecule has 3 heteroatoms. The standard InChI is InChI=1S/C15H14N2O/c1-9-3-4-11(7-10(9)2)12-5-6-17-15-14(12)13(16)8-18-15/h3-8H,16H2,1-2H3. The van der Waals surface area contributed by atoms with Crippen molar-refractivity contribution in [3.8, 4) is 11.1 Å². The van der Waals surface area contributed by atoms with Gasteiger partial charge in [-0.1, -0.05) is 18.2 Å². The van der Waals surface area contributed by atoms with Gasteiger partial charge < -0.3 is 10.2 Å². The number of fused-ring (bicyclic) bond motifs is 1. The maximum Gasteiger partial charge on any atom is 0.228 e. The van der Waals surface area contributed by atoms with Crippen molar-refractivity contribution in [2.45, 2.75) is 13.8 Å². The van der Waals surface area contributed by atoms with Gasteiger partial charge in [0.25, 0.3) is 0 Å². The second-order valence-corrected chi connectivity index (χ2v) is 4.53. The van der Waals surface area contributed by atoms with Gasteiger partial charge in [-0.25, -0.2) is 4.98 Å². The summed E-state index contributed by atoms with van der Waals surface area (Å²) in [6, 6.07) is 8.35. The number of pyridine rings is 1. The molecule has 3 aromatic rings. The molecule has 0 saturated heterocycles. The van der Waals surface area contributed by atoms with Crippen LogP contribution in [-0.2, 0) is 0 Å². The molecule has 2 heterocycles. The molecule has 0 amide bonds. The predicted octanol–water partition coefficient (Wildman–Crippen LogP) is 3.69. The number of nitrogens with zero attached hydrogens (tertiary/aromatic N) is 1.